The molecule has 1 fully saturated rings. The largest absolute Gasteiger partial charge is 0.465 e. The molecule has 2 amide bonds. The van der Waals surface area contributed by atoms with Gasteiger partial charge in [0, 0.05) is 35.7 Å². The van der Waals surface area contributed by atoms with E-state index < -0.39 is 5.92 Å². The number of nitrogens with one attached hydrogen (secondary N) is 1. The molecule has 4 rings (SSSR count). The van der Waals surface area contributed by atoms with Gasteiger partial charge in [0.15, 0.2) is 0 Å². The molecular formula is C29H31N3O4. The number of benzene rings is 3. The lowest BCUT2D eigenvalue weighted by atomic mass is 10.1. The molecule has 1 atom stereocenters. The molecule has 1 N–H and O–H groups in total. The van der Waals surface area contributed by atoms with Crippen LogP contribution in [0.1, 0.15) is 24.5 Å². The molecule has 186 valence electrons. The number of amides is 2. The van der Waals surface area contributed by atoms with E-state index in [0.717, 1.165) is 28.2 Å². The topological polar surface area (TPSA) is 79.0 Å². The van der Waals surface area contributed by atoms with Crippen LogP contribution in [0.3, 0.4) is 0 Å². The van der Waals surface area contributed by atoms with Gasteiger partial charge in [0.25, 0.3) is 0 Å². The van der Waals surface area contributed by atoms with Crippen molar-refractivity contribution in [2.24, 2.45) is 5.92 Å². The monoisotopic (exact) mass is 485 g/mol. The van der Waals surface area contributed by atoms with Crippen LogP contribution in [0.25, 0.3) is 0 Å². The molecule has 3 aromatic rings. The second kappa shape index (κ2) is 11.1. The summed E-state index contributed by atoms with van der Waals surface area (Å²) in [6.45, 7) is 6.48. The van der Waals surface area contributed by atoms with Gasteiger partial charge in [-0.2, -0.15) is 0 Å². The predicted octanol–water partition coefficient (Wildman–Crippen LogP) is 5.00. The molecular weight excluding hydrogens is 454 g/mol. The molecule has 1 unspecified atom stereocenters. The zero-order valence-electron chi connectivity index (χ0n) is 20.9. The summed E-state index contributed by atoms with van der Waals surface area (Å²) in [6.07, 6.45) is 0.179. The van der Waals surface area contributed by atoms with Crippen LogP contribution in [0.5, 0.6) is 0 Å². The Bertz CT molecular complexity index is 1240. The van der Waals surface area contributed by atoms with Crippen molar-refractivity contribution in [3.05, 3.63) is 83.9 Å². The molecule has 1 aliphatic rings. The number of esters is 1. The highest BCUT2D eigenvalue weighted by atomic mass is 16.5. The third kappa shape index (κ3) is 5.74. The third-order valence-corrected chi connectivity index (χ3v) is 6.26. The first-order valence-corrected chi connectivity index (χ1v) is 12.1. The summed E-state index contributed by atoms with van der Waals surface area (Å²) < 4.78 is 5.14. The van der Waals surface area contributed by atoms with Gasteiger partial charge in [0.1, 0.15) is 6.54 Å². The molecule has 0 bridgehead atoms. The maximum Gasteiger partial charge on any atom is 0.325 e. The van der Waals surface area contributed by atoms with Crippen LogP contribution in [0.4, 0.5) is 22.7 Å². The zero-order valence-corrected chi connectivity index (χ0v) is 20.9. The second-order valence-electron chi connectivity index (χ2n) is 8.96. The van der Waals surface area contributed by atoms with E-state index in [1.807, 2.05) is 79.4 Å². The lowest BCUT2D eigenvalue weighted by molar-refractivity contribution is -0.141. The lowest BCUT2D eigenvalue weighted by Crippen LogP contribution is -2.28. The van der Waals surface area contributed by atoms with Crippen molar-refractivity contribution in [1.82, 2.24) is 0 Å². The van der Waals surface area contributed by atoms with Gasteiger partial charge in [-0.3, -0.25) is 14.4 Å². The van der Waals surface area contributed by atoms with Gasteiger partial charge in [-0.25, -0.2) is 0 Å². The Morgan fingerprint density at radius 3 is 2.39 bits per heavy atom. The van der Waals surface area contributed by atoms with E-state index in [0.29, 0.717) is 18.8 Å². The summed E-state index contributed by atoms with van der Waals surface area (Å²) in [4.78, 5) is 41.5. The molecule has 7 heteroatoms. The van der Waals surface area contributed by atoms with Crippen molar-refractivity contribution in [1.29, 1.82) is 0 Å². The number of ether oxygens (including phenoxy) is 1. The van der Waals surface area contributed by atoms with Crippen molar-refractivity contribution < 1.29 is 19.1 Å². The van der Waals surface area contributed by atoms with Gasteiger partial charge >= 0.3 is 5.97 Å². The van der Waals surface area contributed by atoms with E-state index >= 15 is 0 Å². The van der Waals surface area contributed by atoms with Crippen molar-refractivity contribution in [2.45, 2.75) is 27.2 Å². The van der Waals surface area contributed by atoms with E-state index in [9.17, 15) is 14.4 Å². The Morgan fingerprint density at radius 2 is 1.69 bits per heavy atom. The number of para-hydroxylation sites is 1. The van der Waals surface area contributed by atoms with Crippen LogP contribution in [-0.4, -0.2) is 37.5 Å². The predicted molar refractivity (Wildman–Crippen MR) is 142 cm³/mol. The molecule has 1 aliphatic heterocycles. The van der Waals surface area contributed by atoms with E-state index in [1.54, 1.807) is 24.0 Å². The van der Waals surface area contributed by atoms with E-state index in [4.69, 9.17) is 4.74 Å². The summed E-state index contributed by atoms with van der Waals surface area (Å²) in [6, 6.07) is 22.9. The van der Waals surface area contributed by atoms with Gasteiger partial charge in [-0.15, -0.1) is 0 Å². The fraction of sp³-hybridized carbons (Fsp3) is 0.276. The number of hydrogen-bond acceptors (Lipinski definition) is 5. The van der Waals surface area contributed by atoms with Crippen LogP contribution >= 0.6 is 0 Å². The highest BCUT2D eigenvalue weighted by Gasteiger charge is 2.35. The van der Waals surface area contributed by atoms with Crippen LogP contribution in [-0.2, 0) is 19.1 Å². The minimum atomic E-state index is -0.429. The minimum Gasteiger partial charge on any atom is -0.465 e. The van der Waals surface area contributed by atoms with Gasteiger partial charge in [-0.1, -0.05) is 30.3 Å². The smallest absolute Gasteiger partial charge is 0.325 e. The zero-order chi connectivity index (χ0) is 25.7. The number of hydrogen-bond donors (Lipinski definition) is 1. The van der Waals surface area contributed by atoms with Crippen molar-refractivity contribution in [3.8, 4) is 0 Å². The molecule has 0 aliphatic carbocycles. The molecule has 7 nitrogen and oxygen atoms in total. The quantitative estimate of drug-likeness (QED) is 0.455. The first-order chi connectivity index (χ1) is 17.4. The maximum absolute atomic E-state index is 13.0. The normalized spacial score (nSPS) is 15.0. The number of rotatable bonds is 8. The Hall–Kier alpha value is -4.13. The van der Waals surface area contributed by atoms with Gasteiger partial charge < -0.3 is 19.9 Å². The summed E-state index contributed by atoms with van der Waals surface area (Å²) >= 11 is 0. The third-order valence-electron chi connectivity index (χ3n) is 6.26. The molecule has 1 heterocycles. The first-order valence-electron chi connectivity index (χ1n) is 12.1. The van der Waals surface area contributed by atoms with Gasteiger partial charge in [-0.05, 0) is 74.4 Å². The Labute approximate surface area is 211 Å². The van der Waals surface area contributed by atoms with Crippen LogP contribution in [0.15, 0.2) is 72.8 Å². The van der Waals surface area contributed by atoms with E-state index in [-0.39, 0.29) is 30.7 Å². The van der Waals surface area contributed by atoms with Crippen molar-refractivity contribution in [2.75, 3.05) is 34.8 Å². The number of aryl methyl sites for hydroxylation is 2. The number of nitrogens with zero attached hydrogens (tertiary/aromatic N) is 2. The molecule has 36 heavy (non-hydrogen) atoms. The number of carbonyl (C=O) groups is 3. The standard InChI is InChI=1S/C29H31N3O4/c1-4-36-28(34)19-31(24-8-6-5-7-9-24)25-14-12-23(13-15-25)30-29(35)22-17-27(33)32(18-22)26-16-20(2)10-11-21(26)3/h5-16,22H,4,17-19H2,1-3H3,(H,30,35). The Morgan fingerprint density at radius 1 is 1.00 bits per heavy atom. The average Bonchev–Trinajstić information content (AvgIpc) is 3.27. The van der Waals surface area contributed by atoms with Gasteiger partial charge in [0.2, 0.25) is 11.8 Å². The fourth-order valence-corrected chi connectivity index (χ4v) is 4.37. The number of carbonyl (C=O) groups excluding carboxylic acids is 3. The average molecular weight is 486 g/mol. The molecule has 0 spiro atoms. The minimum absolute atomic E-state index is 0.0448. The fourth-order valence-electron chi connectivity index (χ4n) is 4.37. The lowest BCUT2D eigenvalue weighted by Gasteiger charge is -2.24. The second-order valence-corrected chi connectivity index (χ2v) is 8.96. The highest BCUT2D eigenvalue weighted by Crippen LogP contribution is 2.30. The summed E-state index contributed by atoms with van der Waals surface area (Å²) in [5.74, 6) is -0.980. The van der Waals surface area contributed by atoms with E-state index in [2.05, 4.69) is 5.32 Å². The Kier molecular flexibility index (Phi) is 7.68. The van der Waals surface area contributed by atoms with Crippen LogP contribution in [0, 0.1) is 19.8 Å². The number of anilines is 4. The first kappa shape index (κ1) is 25.0. The Balaban J connectivity index is 1.45. The molecule has 3 aromatic carbocycles. The van der Waals surface area contributed by atoms with Crippen LogP contribution in [0.2, 0.25) is 0 Å². The van der Waals surface area contributed by atoms with E-state index in [1.165, 1.54) is 0 Å². The maximum atomic E-state index is 13.0. The summed E-state index contributed by atoms with van der Waals surface area (Å²) in [5.41, 5.74) is 5.23. The van der Waals surface area contributed by atoms with Crippen molar-refractivity contribution in [3.63, 3.8) is 0 Å². The molecule has 0 aromatic heterocycles. The van der Waals surface area contributed by atoms with Gasteiger partial charge in [0.05, 0.1) is 12.5 Å². The summed E-state index contributed by atoms with van der Waals surface area (Å²) in [5, 5.41) is 2.94. The molecule has 0 saturated carbocycles. The SMILES string of the molecule is CCOC(=O)CN(c1ccccc1)c1ccc(NC(=O)C2CC(=O)N(c3cc(C)ccc3C)C2)cc1. The van der Waals surface area contributed by atoms with Crippen molar-refractivity contribution >= 4 is 40.5 Å². The summed E-state index contributed by atoms with van der Waals surface area (Å²) in [7, 11) is 0. The van der Waals surface area contributed by atoms with Crippen LogP contribution < -0.4 is 15.1 Å². The molecule has 1 saturated heterocycles. The highest BCUT2D eigenvalue weighted by molar-refractivity contribution is 6.04. The molecule has 0 radical (unpaired) electrons.